The molecule has 0 aromatic heterocycles. The molecule has 2 rings (SSSR count). The third kappa shape index (κ3) is 23.4. The van der Waals surface area contributed by atoms with E-state index in [1.807, 2.05) is 13.8 Å². The van der Waals surface area contributed by atoms with Gasteiger partial charge >= 0.3 is 0 Å². The van der Waals surface area contributed by atoms with Crippen LogP contribution in [0.3, 0.4) is 0 Å². The smallest absolute Gasteiger partial charge is 0.261 e. The summed E-state index contributed by atoms with van der Waals surface area (Å²) in [6, 6.07) is 0. The van der Waals surface area contributed by atoms with E-state index in [-0.39, 0.29) is 55.4 Å². The number of carbonyl (C=O) groups excluding carboxylic acids is 2. The summed E-state index contributed by atoms with van der Waals surface area (Å²) in [5, 5.41) is 216. The van der Waals surface area contributed by atoms with Crippen LogP contribution in [0.15, 0.2) is 23.0 Å². The number of likely N-dealkylation sites (tertiary alicyclic amines) is 1. The first kappa shape index (κ1) is 75.7. The van der Waals surface area contributed by atoms with Gasteiger partial charge in [-0.25, -0.2) is 0 Å². The van der Waals surface area contributed by atoms with Crippen LogP contribution in [0.1, 0.15) is 164 Å². The standard InChI is InChI=1S/C58H107NO23/c1-9-10-11-12-13-14-15-16-17-35(60)27-58(81)56(79)55(78)53(76)46(82-58)26-44(69)52(75)54(77)51(74)43(68)24-38(63)22-36(61)21-37(62)23-39(64)32(5)49(72)33(6)40(65)25-41(66)34(7)50(73)42(67)20-30(3)18-29(2)19-31(4)48(71)47-45(70)28-59(8)57(47)80/h19,29-30,32-44,46,49-56,60-69,71-79,81H,9-18,20-28H2,1-8H3/b31-19+,48-47+/t29?,30?,32?,33?,34?,35-,36?,37?,38?,39?,40?,41?,42?,43?,44?,46-,49?,50?,51?,52?,53-,54?,55+,56+,58+/m1/s1. The lowest BCUT2D eigenvalue weighted by molar-refractivity contribution is -0.356. The summed E-state index contributed by atoms with van der Waals surface area (Å²) < 4.78 is 5.50. The van der Waals surface area contributed by atoms with Crippen molar-refractivity contribution in [2.75, 3.05) is 13.6 Å². The maximum absolute atomic E-state index is 12.3. The number of carbonyl (C=O) groups is 2. The average Bonchev–Trinajstić information content (AvgIpc) is 3.84. The zero-order chi connectivity index (χ0) is 62.7. The highest BCUT2D eigenvalue weighted by Gasteiger charge is 2.54. The molecular formula is C58H107NO23. The summed E-state index contributed by atoms with van der Waals surface area (Å²) in [5.74, 6) is -7.23. The second-order valence-electron chi connectivity index (χ2n) is 24.6. The van der Waals surface area contributed by atoms with Crippen LogP contribution in [-0.4, -0.2) is 254 Å². The Balaban J connectivity index is 1.83. The highest BCUT2D eigenvalue weighted by atomic mass is 16.7. The molecule has 24 heteroatoms. The van der Waals surface area contributed by atoms with Gasteiger partial charge in [-0.2, -0.15) is 0 Å². The highest BCUT2D eigenvalue weighted by molar-refractivity contribution is 6.25. The molecule has 0 radical (unpaired) electrons. The monoisotopic (exact) mass is 1190 g/mol. The highest BCUT2D eigenvalue weighted by Crippen LogP contribution is 2.36. The number of aliphatic hydroxyl groups is 20. The molecule has 2 fully saturated rings. The first-order valence-electron chi connectivity index (χ1n) is 29.7. The van der Waals surface area contributed by atoms with E-state index in [1.54, 1.807) is 13.0 Å². The second-order valence-corrected chi connectivity index (χ2v) is 24.6. The molecule has 2 heterocycles. The first-order valence-corrected chi connectivity index (χ1v) is 29.7. The predicted molar refractivity (Wildman–Crippen MR) is 299 cm³/mol. The van der Waals surface area contributed by atoms with Gasteiger partial charge in [0.1, 0.15) is 48.0 Å². The molecular weight excluding hydrogens is 1080 g/mol. The van der Waals surface area contributed by atoms with Gasteiger partial charge in [-0.3, -0.25) is 9.59 Å². The lowest BCUT2D eigenvalue weighted by atomic mass is 9.80. The Morgan fingerprint density at radius 3 is 1.56 bits per heavy atom. The number of aliphatic hydroxyl groups excluding tert-OH is 19. The van der Waals surface area contributed by atoms with E-state index in [9.17, 15) is 112 Å². The number of unbranched alkanes of at least 4 members (excludes halogenated alkanes) is 7. The van der Waals surface area contributed by atoms with Crippen LogP contribution >= 0.6 is 0 Å². The fraction of sp³-hybridized carbons (Fsp3) is 0.897. The third-order valence-corrected chi connectivity index (χ3v) is 17.0. The summed E-state index contributed by atoms with van der Waals surface area (Å²) in [6.45, 7) is 11.7. The largest absolute Gasteiger partial charge is 0.507 e. The number of rotatable bonds is 40. The number of ketones is 1. The molecule has 82 heavy (non-hydrogen) atoms. The molecule has 0 aromatic rings. The Hall–Kier alpha value is -2.38. The molecule has 1 amide bonds. The molecule has 0 bridgehead atoms. The van der Waals surface area contributed by atoms with Crippen LogP contribution in [0.5, 0.6) is 0 Å². The number of amides is 1. The number of hydrogen-bond acceptors (Lipinski definition) is 23. The summed E-state index contributed by atoms with van der Waals surface area (Å²) >= 11 is 0. The SMILES string of the molecule is CCCCCCCCCC[C@@H](O)C[C@]1(O)O[C@H](CC(O)C(O)C(O)C(O)C(O)CC(O)CC(O)CC(O)CC(O)C(C)C(O)C(C)C(O)CC(O)C(C)C(O)C(O)CC(C)CC(C)/C=C(C)/C(O)=C2/C(=O)CN(C)C2=O)[C@@H](O)[C@H](O)[C@@H]1O. The number of likely N-dealkylation sites (N-methyl/N-ethyl adjacent to an activating group) is 1. The maximum atomic E-state index is 12.3. The Bertz CT molecular complexity index is 1920. The van der Waals surface area contributed by atoms with Gasteiger partial charge in [0, 0.05) is 44.1 Å². The molecule has 0 aliphatic carbocycles. The molecule has 2 aliphatic heterocycles. The predicted octanol–water partition coefficient (Wildman–Crippen LogP) is -1.41. The van der Waals surface area contributed by atoms with Crippen molar-refractivity contribution in [3.63, 3.8) is 0 Å². The summed E-state index contributed by atoms with van der Waals surface area (Å²) in [7, 11) is 1.46. The van der Waals surface area contributed by atoms with Crippen LogP contribution in [0.25, 0.3) is 0 Å². The normalized spacial score (nSPS) is 28.3. The van der Waals surface area contributed by atoms with Gasteiger partial charge in [0.2, 0.25) is 0 Å². The van der Waals surface area contributed by atoms with Gasteiger partial charge in [-0.1, -0.05) is 99.0 Å². The van der Waals surface area contributed by atoms with E-state index < -0.39 is 183 Å². The van der Waals surface area contributed by atoms with Gasteiger partial charge in [-0.15, -0.1) is 0 Å². The molecule has 0 saturated carbocycles. The number of Topliss-reactive ketones (excluding diaryl/α,β-unsaturated/α-hetero) is 1. The molecule has 0 spiro atoms. The third-order valence-electron chi connectivity index (χ3n) is 17.0. The van der Waals surface area contributed by atoms with Crippen LogP contribution in [0, 0.1) is 29.6 Å². The van der Waals surface area contributed by atoms with Crippen LogP contribution in [-0.2, 0) is 14.3 Å². The Labute approximate surface area is 483 Å². The van der Waals surface area contributed by atoms with E-state index >= 15 is 0 Å². The van der Waals surface area contributed by atoms with Crippen LogP contribution in [0.4, 0.5) is 0 Å². The summed E-state index contributed by atoms with van der Waals surface area (Å²) in [6.07, 6.45) is -25.5. The lowest BCUT2D eigenvalue weighted by Crippen LogP contribution is -2.65. The molecule has 19 unspecified atom stereocenters. The molecule has 2 aliphatic rings. The maximum Gasteiger partial charge on any atom is 0.261 e. The van der Waals surface area contributed by atoms with E-state index in [0.29, 0.717) is 18.4 Å². The first-order chi connectivity index (χ1) is 38.1. The van der Waals surface area contributed by atoms with Gasteiger partial charge in [0.05, 0.1) is 85.9 Å². The number of ether oxygens (including phenoxy) is 1. The molecule has 482 valence electrons. The Kier molecular flexibility index (Phi) is 33.3. The number of nitrogens with zero attached hydrogens (tertiary/aromatic N) is 1. The van der Waals surface area contributed by atoms with Crippen LogP contribution < -0.4 is 0 Å². The number of hydrogen-bond donors (Lipinski definition) is 20. The van der Waals surface area contributed by atoms with Gasteiger partial charge in [-0.05, 0) is 69.3 Å². The summed E-state index contributed by atoms with van der Waals surface area (Å²) in [4.78, 5) is 25.8. The van der Waals surface area contributed by atoms with Crippen molar-refractivity contribution in [1.29, 1.82) is 0 Å². The minimum atomic E-state index is -2.59. The van der Waals surface area contributed by atoms with E-state index in [4.69, 9.17) is 4.74 Å². The minimum absolute atomic E-state index is 0.120. The molecule has 2 saturated heterocycles. The van der Waals surface area contributed by atoms with E-state index in [1.165, 1.54) is 39.1 Å². The Morgan fingerprint density at radius 1 is 0.573 bits per heavy atom. The summed E-state index contributed by atoms with van der Waals surface area (Å²) in [5.41, 5.74) is 0.0812. The van der Waals surface area contributed by atoms with Crippen LogP contribution in [0.2, 0.25) is 0 Å². The zero-order valence-electron chi connectivity index (χ0n) is 49.5. The minimum Gasteiger partial charge on any atom is -0.507 e. The zero-order valence-corrected chi connectivity index (χ0v) is 49.5. The molecule has 20 N–H and O–H groups in total. The van der Waals surface area contributed by atoms with Gasteiger partial charge in [0.15, 0.2) is 11.6 Å². The van der Waals surface area contributed by atoms with E-state index in [2.05, 4.69) is 6.92 Å². The van der Waals surface area contributed by atoms with Crippen molar-refractivity contribution in [3.8, 4) is 0 Å². The van der Waals surface area contributed by atoms with Crippen molar-refractivity contribution in [1.82, 2.24) is 4.90 Å². The Morgan fingerprint density at radius 2 is 1.04 bits per heavy atom. The lowest BCUT2D eigenvalue weighted by Gasteiger charge is -2.47. The van der Waals surface area contributed by atoms with Crippen molar-refractivity contribution in [2.24, 2.45) is 29.6 Å². The van der Waals surface area contributed by atoms with E-state index in [0.717, 1.165) is 38.5 Å². The van der Waals surface area contributed by atoms with Crippen molar-refractivity contribution in [3.05, 3.63) is 23.0 Å². The molecule has 0 aromatic carbocycles. The second kappa shape index (κ2) is 36.1. The topological polar surface area (TPSA) is 451 Å². The van der Waals surface area contributed by atoms with Crippen molar-refractivity contribution < 1.29 is 116 Å². The molecule has 25 atom stereocenters. The average molecular weight is 1190 g/mol. The fourth-order valence-corrected chi connectivity index (χ4v) is 11.4. The van der Waals surface area contributed by atoms with Gasteiger partial charge in [0.25, 0.3) is 5.91 Å². The quantitative estimate of drug-likeness (QED) is 0.0145. The molecule has 24 nitrogen and oxygen atoms in total. The number of allylic oxidation sites excluding steroid dienone is 2. The van der Waals surface area contributed by atoms with Gasteiger partial charge < -0.3 is 112 Å². The van der Waals surface area contributed by atoms with Crippen molar-refractivity contribution in [2.45, 2.75) is 286 Å². The van der Waals surface area contributed by atoms with Crippen molar-refractivity contribution >= 4 is 11.7 Å². The fourth-order valence-electron chi connectivity index (χ4n) is 11.4.